The monoisotopic (exact) mass is 374 g/mol. The van der Waals surface area contributed by atoms with Crippen molar-refractivity contribution in [1.82, 2.24) is 5.32 Å². The van der Waals surface area contributed by atoms with Gasteiger partial charge in [-0.1, -0.05) is 11.6 Å². The zero-order chi connectivity index (χ0) is 17.6. The van der Waals surface area contributed by atoms with E-state index in [1.165, 1.54) is 18.0 Å². The molecule has 3 rings (SSSR count). The maximum absolute atomic E-state index is 11.9. The lowest BCUT2D eigenvalue weighted by Gasteiger charge is -2.04. The Morgan fingerprint density at radius 1 is 1.16 bits per heavy atom. The zero-order valence-corrected chi connectivity index (χ0v) is 14.7. The molecule has 0 radical (unpaired) electrons. The highest BCUT2D eigenvalue weighted by Gasteiger charge is 2.10. The van der Waals surface area contributed by atoms with E-state index in [4.69, 9.17) is 16.0 Å². The van der Waals surface area contributed by atoms with Crippen molar-refractivity contribution in [3.8, 4) is 11.3 Å². The molecule has 0 fully saturated rings. The van der Waals surface area contributed by atoms with Crippen molar-refractivity contribution in [2.24, 2.45) is 0 Å². The van der Waals surface area contributed by atoms with Crippen molar-refractivity contribution in [3.05, 3.63) is 76.8 Å². The molecule has 0 aliphatic heterocycles. The predicted molar refractivity (Wildman–Crippen MR) is 97.1 cm³/mol. The average molecular weight is 375 g/mol. The summed E-state index contributed by atoms with van der Waals surface area (Å²) in [5.74, 6) is 1.36. The molecular formula is C18H15ClN2O3S. The Morgan fingerprint density at radius 2 is 1.96 bits per heavy atom. The van der Waals surface area contributed by atoms with Crippen LogP contribution in [0.2, 0.25) is 5.02 Å². The summed E-state index contributed by atoms with van der Waals surface area (Å²) < 4.78 is 6.46. The van der Waals surface area contributed by atoms with E-state index in [0.717, 1.165) is 10.3 Å². The first-order valence-corrected chi connectivity index (χ1v) is 8.90. The second-order valence-electron chi connectivity index (χ2n) is 5.20. The molecular weight excluding hydrogens is 360 g/mol. The lowest BCUT2D eigenvalue weighted by molar-refractivity contribution is -0.645. The minimum Gasteiger partial charge on any atom is -0.618 e. The number of pyridine rings is 1. The van der Waals surface area contributed by atoms with Gasteiger partial charge in [0.2, 0.25) is 5.91 Å². The normalized spacial score (nSPS) is 10.6. The second kappa shape index (κ2) is 8.09. The van der Waals surface area contributed by atoms with Gasteiger partial charge >= 0.3 is 0 Å². The van der Waals surface area contributed by atoms with E-state index < -0.39 is 0 Å². The molecule has 3 aromatic rings. The Hall–Kier alpha value is -2.44. The molecule has 1 N–H and O–H groups in total. The number of halogens is 1. The van der Waals surface area contributed by atoms with Gasteiger partial charge in [-0.15, -0.1) is 0 Å². The van der Waals surface area contributed by atoms with Gasteiger partial charge in [0.05, 0.1) is 12.3 Å². The van der Waals surface area contributed by atoms with Crippen LogP contribution in [0.4, 0.5) is 0 Å². The summed E-state index contributed by atoms with van der Waals surface area (Å²) in [6.07, 6.45) is 1.40. The van der Waals surface area contributed by atoms with E-state index in [1.807, 2.05) is 24.3 Å². The van der Waals surface area contributed by atoms with Gasteiger partial charge in [0.15, 0.2) is 6.20 Å². The van der Waals surface area contributed by atoms with Crippen LogP contribution in [-0.4, -0.2) is 11.7 Å². The smallest absolute Gasteiger partial charge is 0.251 e. The lowest BCUT2D eigenvalue weighted by Crippen LogP contribution is -2.29. The standard InChI is InChI=1S/C18H15ClN2O3S/c19-14-6-4-13(5-7-14)16-9-8-15(24-16)11-20-17(22)12-25-18-3-1-2-10-21(18)23/h1-10H,11-12H2,(H,20,22). The fourth-order valence-corrected chi connectivity index (χ4v) is 3.01. The molecule has 25 heavy (non-hydrogen) atoms. The van der Waals surface area contributed by atoms with Crippen LogP contribution in [0.5, 0.6) is 0 Å². The Kier molecular flexibility index (Phi) is 5.63. The molecule has 2 aromatic heterocycles. The van der Waals surface area contributed by atoms with Gasteiger partial charge < -0.3 is 14.9 Å². The van der Waals surface area contributed by atoms with Crippen molar-refractivity contribution in [2.45, 2.75) is 11.6 Å². The molecule has 0 aliphatic rings. The number of aromatic nitrogens is 1. The van der Waals surface area contributed by atoms with Crippen LogP contribution in [0.1, 0.15) is 5.76 Å². The number of benzene rings is 1. The molecule has 0 saturated carbocycles. The highest BCUT2D eigenvalue weighted by molar-refractivity contribution is 7.99. The van der Waals surface area contributed by atoms with Crippen LogP contribution < -0.4 is 10.0 Å². The number of carbonyl (C=O) groups excluding carboxylic acids is 1. The van der Waals surface area contributed by atoms with Gasteiger partial charge in [-0.05, 0) is 54.2 Å². The highest BCUT2D eigenvalue weighted by atomic mass is 35.5. The second-order valence-corrected chi connectivity index (χ2v) is 6.63. The summed E-state index contributed by atoms with van der Waals surface area (Å²) in [6, 6.07) is 16.1. The molecule has 0 bridgehead atoms. The van der Waals surface area contributed by atoms with E-state index in [-0.39, 0.29) is 11.7 Å². The first-order chi connectivity index (χ1) is 12.1. The quantitative estimate of drug-likeness (QED) is 0.406. The minimum atomic E-state index is -0.168. The Bertz CT molecular complexity index is 865. The number of hydrogen-bond donors (Lipinski definition) is 1. The third-order valence-electron chi connectivity index (χ3n) is 3.39. The summed E-state index contributed by atoms with van der Waals surface area (Å²) in [5, 5.41) is 15.4. The van der Waals surface area contributed by atoms with E-state index in [0.29, 0.717) is 28.1 Å². The van der Waals surface area contributed by atoms with E-state index in [9.17, 15) is 10.0 Å². The summed E-state index contributed by atoms with van der Waals surface area (Å²) in [5.41, 5.74) is 0.918. The SMILES string of the molecule is O=C(CSc1cccc[n+]1[O-])NCc1ccc(-c2ccc(Cl)cc2)o1. The molecule has 0 atom stereocenters. The van der Waals surface area contributed by atoms with Gasteiger partial charge in [-0.3, -0.25) is 4.79 Å². The van der Waals surface area contributed by atoms with Crippen molar-refractivity contribution < 1.29 is 13.9 Å². The number of nitrogens with one attached hydrogen (secondary N) is 1. The summed E-state index contributed by atoms with van der Waals surface area (Å²) in [4.78, 5) is 11.9. The summed E-state index contributed by atoms with van der Waals surface area (Å²) in [7, 11) is 0. The van der Waals surface area contributed by atoms with Crippen LogP contribution in [0.15, 0.2) is 70.2 Å². The fraction of sp³-hybridized carbons (Fsp3) is 0.111. The molecule has 2 heterocycles. The topological polar surface area (TPSA) is 69.2 Å². The molecule has 0 spiro atoms. The van der Waals surface area contributed by atoms with Gasteiger partial charge in [0, 0.05) is 22.7 Å². The number of nitrogens with zero attached hydrogens (tertiary/aromatic N) is 1. The number of rotatable bonds is 6. The first-order valence-electron chi connectivity index (χ1n) is 7.54. The third kappa shape index (κ3) is 4.78. The Labute approximate surface area is 154 Å². The van der Waals surface area contributed by atoms with Gasteiger partial charge in [0.25, 0.3) is 5.03 Å². The van der Waals surface area contributed by atoms with Crippen molar-refractivity contribution in [2.75, 3.05) is 5.75 Å². The fourth-order valence-electron chi connectivity index (χ4n) is 2.14. The average Bonchev–Trinajstić information content (AvgIpc) is 3.09. The summed E-state index contributed by atoms with van der Waals surface area (Å²) in [6.45, 7) is 0.291. The van der Waals surface area contributed by atoms with Crippen LogP contribution >= 0.6 is 23.4 Å². The van der Waals surface area contributed by atoms with E-state index in [2.05, 4.69) is 5.32 Å². The van der Waals surface area contributed by atoms with Crippen molar-refractivity contribution in [3.63, 3.8) is 0 Å². The summed E-state index contributed by atoms with van der Waals surface area (Å²) >= 11 is 7.06. The number of amides is 1. The predicted octanol–water partition coefficient (Wildman–Crippen LogP) is 3.64. The van der Waals surface area contributed by atoms with Crippen LogP contribution in [0.25, 0.3) is 11.3 Å². The van der Waals surface area contributed by atoms with E-state index in [1.54, 1.807) is 30.3 Å². The van der Waals surface area contributed by atoms with Crippen molar-refractivity contribution >= 4 is 29.3 Å². The molecule has 5 nitrogen and oxygen atoms in total. The number of furan rings is 1. The minimum absolute atomic E-state index is 0.164. The lowest BCUT2D eigenvalue weighted by atomic mass is 10.2. The Balaban J connectivity index is 1.51. The highest BCUT2D eigenvalue weighted by Crippen LogP contribution is 2.23. The maximum atomic E-state index is 11.9. The molecule has 1 aromatic carbocycles. The van der Waals surface area contributed by atoms with Crippen molar-refractivity contribution in [1.29, 1.82) is 0 Å². The zero-order valence-electron chi connectivity index (χ0n) is 13.1. The Morgan fingerprint density at radius 3 is 2.72 bits per heavy atom. The molecule has 0 aliphatic carbocycles. The van der Waals surface area contributed by atoms with Crippen LogP contribution in [0, 0.1) is 5.21 Å². The first kappa shape index (κ1) is 17.4. The van der Waals surface area contributed by atoms with E-state index >= 15 is 0 Å². The maximum Gasteiger partial charge on any atom is 0.251 e. The molecule has 7 heteroatoms. The number of carbonyl (C=O) groups is 1. The van der Waals surface area contributed by atoms with Crippen LogP contribution in [0.3, 0.4) is 0 Å². The van der Waals surface area contributed by atoms with Gasteiger partial charge in [-0.25, -0.2) is 0 Å². The molecule has 0 saturated heterocycles. The van der Waals surface area contributed by atoms with Gasteiger partial charge in [-0.2, -0.15) is 4.73 Å². The largest absolute Gasteiger partial charge is 0.618 e. The molecule has 1 amide bonds. The number of thioether (sulfide) groups is 1. The van der Waals surface area contributed by atoms with Crippen LogP contribution in [-0.2, 0) is 11.3 Å². The molecule has 0 unspecified atom stereocenters. The van der Waals surface area contributed by atoms with Gasteiger partial charge in [0.1, 0.15) is 11.5 Å². The number of hydrogen-bond acceptors (Lipinski definition) is 4. The molecule has 128 valence electrons. The third-order valence-corrected chi connectivity index (χ3v) is 4.66.